The van der Waals surface area contributed by atoms with E-state index in [0.29, 0.717) is 6.54 Å². The van der Waals surface area contributed by atoms with Gasteiger partial charge in [0, 0.05) is 16.0 Å². The van der Waals surface area contributed by atoms with Gasteiger partial charge in [-0.05, 0) is 42.2 Å². The predicted molar refractivity (Wildman–Crippen MR) is 95.8 cm³/mol. The Morgan fingerprint density at radius 1 is 1.30 bits per heavy atom. The fraction of sp³-hybridized carbons (Fsp3) is 0.316. The van der Waals surface area contributed by atoms with Gasteiger partial charge in [-0.1, -0.05) is 37.6 Å². The first kappa shape index (κ1) is 14.5. The van der Waals surface area contributed by atoms with Crippen LogP contribution in [0.1, 0.15) is 29.9 Å². The van der Waals surface area contributed by atoms with Crippen molar-refractivity contribution in [3.05, 3.63) is 57.8 Å². The number of nitrogens with one attached hydrogen (secondary N) is 1. The minimum Gasteiger partial charge on any atom is -0.335 e. The number of hydrogen-bond donors (Lipinski definition) is 1. The highest BCUT2D eigenvalue weighted by atomic mass is 32.1. The zero-order chi connectivity index (χ0) is 16.2. The van der Waals surface area contributed by atoms with Crippen molar-refractivity contribution in [2.24, 2.45) is 0 Å². The quantitative estimate of drug-likeness (QED) is 0.913. The average Bonchev–Trinajstić information content (AvgIpc) is 3.16. The molecule has 1 fully saturated rings. The summed E-state index contributed by atoms with van der Waals surface area (Å²) in [6.07, 6.45) is 4.29. The van der Waals surface area contributed by atoms with Crippen LogP contribution in [-0.2, 0) is 10.2 Å². The van der Waals surface area contributed by atoms with Crippen molar-refractivity contribution in [2.45, 2.75) is 31.8 Å². The SMILES string of the molecule is Cc1ccc2c(c1)C(C)(C)C1(/C=C/c3cccs3)NC(=O)CN21. The summed E-state index contributed by atoms with van der Waals surface area (Å²) >= 11 is 1.71. The first-order chi connectivity index (χ1) is 10.9. The summed E-state index contributed by atoms with van der Waals surface area (Å²) in [5.41, 5.74) is 3.02. The minimum atomic E-state index is -0.496. The van der Waals surface area contributed by atoms with Gasteiger partial charge in [-0.15, -0.1) is 11.3 Å². The van der Waals surface area contributed by atoms with Gasteiger partial charge in [-0.2, -0.15) is 0 Å². The number of carbonyl (C=O) groups excluding carboxylic acids is 1. The van der Waals surface area contributed by atoms with Gasteiger partial charge in [-0.25, -0.2) is 0 Å². The summed E-state index contributed by atoms with van der Waals surface area (Å²) in [7, 11) is 0. The number of fused-ring (bicyclic) bond motifs is 3. The first-order valence-electron chi connectivity index (χ1n) is 7.87. The van der Waals surface area contributed by atoms with Crippen LogP contribution < -0.4 is 10.2 Å². The van der Waals surface area contributed by atoms with Crippen LogP contribution in [-0.4, -0.2) is 18.1 Å². The van der Waals surface area contributed by atoms with Crippen LogP contribution in [0.25, 0.3) is 6.08 Å². The summed E-state index contributed by atoms with van der Waals surface area (Å²) < 4.78 is 0. The predicted octanol–water partition coefficient (Wildman–Crippen LogP) is 3.69. The van der Waals surface area contributed by atoms with Gasteiger partial charge in [-0.3, -0.25) is 4.79 Å². The van der Waals surface area contributed by atoms with Gasteiger partial charge in [0.25, 0.3) is 0 Å². The molecular formula is C19H20N2OS. The van der Waals surface area contributed by atoms with E-state index < -0.39 is 5.66 Å². The Morgan fingerprint density at radius 3 is 2.87 bits per heavy atom. The van der Waals surface area contributed by atoms with Crippen molar-refractivity contribution >= 4 is 29.0 Å². The Hall–Kier alpha value is -2.07. The maximum absolute atomic E-state index is 12.2. The van der Waals surface area contributed by atoms with Gasteiger partial charge in [0.05, 0.1) is 6.54 Å². The van der Waals surface area contributed by atoms with Crippen LogP contribution in [0, 0.1) is 6.92 Å². The molecule has 4 rings (SSSR count). The lowest BCUT2D eigenvalue weighted by Gasteiger charge is -2.40. The van der Waals surface area contributed by atoms with E-state index in [2.05, 4.69) is 72.8 Å². The monoisotopic (exact) mass is 324 g/mol. The van der Waals surface area contributed by atoms with Crippen molar-refractivity contribution in [2.75, 3.05) is 11.4 Å². The molecule has 2 aliphatic heterocycles. The second kappa shape index (κ2) is 4.71. The Morgan fingerprint density at radius 2 is 2.13 bits per heavy atom. The van der Waals surface area contributed by atoms with Crippen molar-refractivity contribution in [1.29, 1.82) is 0 Å². The maximum Gasteiger partial charge on any atom is 0.241 e. The topological polar surface area (TPSA) is 32.3 Å². The molecule has 0 aliphatic carbocycles. The summed E-state index contributed by atoms with van der Waals surface area (Å²) in [5.74, 6) is 0.0835. The number of thiophene rings is 1. The molecule has 1 atom stereocenters. The van der Waals surface area contributed by atoms with Gasteiger partial charge in [0.2, 0.25) is 5.91 Å². The molecule has 1 aromatic carbocycles. The minimum absolute atomic E-state index is 0.0835. The van der Waals surface area contributed by atoms with Crippen LogP contribution in [0.2, 0.25) is 0 Å². The molecule has 1 unspecified atom stereocenters. The molecule has 0 radical (unpaired) electrons. The second-order valence-corrected chi connectivity index (χ2v) is 7.87. The normalized spacial score (nSPS) is 24.8. The van der Waals surface area contributed by atoms with Gasteiger partial charge in [0.15, 0.2) is 0 Å². The molecule has 1 saturated heterocycles. The Kier molecular flexibility index (Phi) is 2.97. The molecule has 2 aliphatic rings. The van der Waals surface area contributed by atoms with Gasteiger partial charge >= 0.3 is 0 Å². The third-order valence-electron chi connectivity index (χ3n) is 5.16. The van der Waals surface area contributed by atoms with E-state index in [1.165, 1.54) is 16.0 Å². The maximum atomic E-state index is 12.2. The van der Waals surface area contributed by atoms with Crippen LogP contribution in [0.15, 0.2) is 41.8 Å². The largest absolute Gasteiger partial charge is 0.335 e. The van der Waals surface area contributed by atoms with Crippen LogP contribution in [0.3, 0.4) is 0 Å². The van der Waals surface area contributed by atoms with Crippen LogP contribution >= 0.6 is 11.3 Å². The number of hydrogen-bond acceptors (Lipinski definition) is 3. The van der Waals surface area contributed by atoms with E-state index in [-0.39, 0.29) is 11.3 Å². The van der Waals surface area contributed by atoms with Gasteiger partial charge in [0.1, 0.15) is 5.66 Å². The third-order valence-corrected chi connectivity index (χ3v) is 6.00. The smallest absolute Gasteiger partial charge is 0.241 e. The molecule has 0 bridgehead atoms. The zero-order valence-corrected chi connectivity index (χ0v) is 14.4. The number of anilines is 1. The highest BCUT2D eigenvalue weighted by Crippen LogP contribution is 2.53. The van der Waals surface area contributed by atoms with Crippen molar-refractivity contribution < 1.29 is 4.79 Å². The fourth-order valence-corrected chi connectivity index (χ4v) is 4.49. The fourth-order valence-electron chi connectivity index (χ4n) is 3.88. The number of aryl methyl sites for hydroxylation is 1. The number of benzene rings is 1. The molecule has 0 saturated carbocycles. The molecular weight excluding hydrogens is 304 g/mol. The van der Waals surface area contributed by atoms with E-state index in [9.17, 15) is 4.79 Å². The Bertz CT molecular complexity index is 807. The lowest BCUT2D eigenvalue weighted by molar-refractivity contribution is -0.118. The van der Waals surface area contributed by atoms with Crippen molar-refractivity contribution in [1.82, 2.24) is 5.32 Å². The van der Waals surface area contributed by atoms with E-state index in [4.69, 9.17) is 0 Å². The number of amides is 1. The molecule has 3 nitrogen and oxygen atoms in total. The molecule has 1 aromatic heterocycles. The Labute approximate surface area is 140 Å². The average molecular weight is 324 g/mol. The molecule has 0 spiro atoms. The number of rotatable bonds is 2. The zero-order valence-electron chi connectivity index (χ0n) is 13.6. The molecule has 1 amide bonds. The van der Waals surface area contributed by atoms with E-state index in [0.717, 1.165) is 5.69 Å². The highest BCUT2D eigenvalue weighted by molar-refractivity contribution is 7.10. The van der Waals surface area contributed by atoms with Crippen molar-refractivity contribution in [3.63, 3.8) is 0 Å². The first-order valence-corrected chi connectivity index (χ1v) is 8.74. The standard InChI is InChI=1S/C19H20N2OS/c1-13-6-7-16-15(11-13)18(2,3)19(20-17(22)12-21(16)19)9-8-14-5-4-10-23-14/h4-11H,12H2,1-3H3,(H,20,22)/b9-8+. The summed E-state index contributed by atoms with van der Waals surface area (Å²) in [4.78, 5) is 15.6. The Balaban J connectivity index is 1.88. The van der Waals surface area contributed by atoms with Crippen LogP contribution in [0.4, 0.5) is 5.69 Å². The summed E-state index contributed by atoms with van der Waals surface area (Å²) in [6, 6.07) is 10.7. The van der Waals surface area contributed by atoms with Crippen molar-refractivity contribution in [3.8, 4) is 0 Å². The molecule has 3 heterocycles. The number of carbonyl (C=O) groups is 1. The van der Waals surface area contributed by atoms with E-state index in [1.54, 1.807) is 11.3 Å². The molecule has 1 N–H and O–H groups in total. The molecule has 2 aromatic rings. The molecule has 23 heavy (non-hydrogen) atoms. The third kappa shape index (κ3) is 1.91. The summed E-state index contributed by atoms with van der Waals surface area (Å²) in [6.45, 7) is 6.96. The summed E-state index contributed by atoms with van der Waals surface area (Å²) in [5, 5.41) is 5.32. The van der Waals surface area contributed by atoms with Gasteiger partial charge < -0.3 is 10.2 Å². The number of nitrogens with zero attached hydrogens (tertiary/aromatic N) is 1. The second-order valence-electron chi connectivity index (χ2n) is 6.90. The van der Waals surface area contributed by atoms with E-state index >= 15 is 0 Å². The highest BCUT2D eigenvalue weighted by Gasteiger charge is 2.59. The molecule has 4 heteroatoms. The van der Waals surface area contributed by atoms with Crippen LogP contribution in [0.5, 0.6) is 0 Å². The molecule has 118 valence electrons. The van der Waals surface area contributed by atoms with E-state index in [1.807, 2.05) is 6.07 Å². The lowest BCUT2D eigenvalue weighted by atomic mass is 9.75. The lowest BCUT2D eigenvalue weighted by Crippen LogP contribution is -2.58.